The molecule has 0 unspecified atom stereocenters. The summed E-state index contributed by atoms with van der Waals surface area (Å²) in [4.78, 5) is 0. The number of hydrogen-bond acceptors (Lipinski definition) is 5. The molecule has 0 bridgehead atoms. The summed E-state index contributed by atoms with van der Waals surface area (Å²) in [6.45, 7) is 1.26. The molecule has 0 fully saturated rings. The van der Waals surface area contributed by atoms with Crippen molar-refractivity contribution < 1.29 is 17.9 Å². The highest BCUT2D eigenvalue weighted by Crippen LogP contribution is 2.23. The van der Waals surface area contributed by atoms with E-state index in [9.17, 15) is 8.42 Å². The summed E-state index contributed by atoms with van der Waals surface area (Å²) in [7, 11) is 0.359. The van der Waals surface area contributed by atoms with Crippen LogP contribution in [0.5, 0.6) is 11.5 Å². The van der Waals surface area contributed by atoms with E-state index in [-0.39, 0.29) is 5.75 Å². The second-order valence-electron chi connectivity index (χ2n) is 4.34. The molecule has 1 N–H and O–H groups in total. The van der Waals surface area contributed by atoms with Crippen molar-refractivity contribution in [2.45, 2.75) is 13.0 Å². The zero-order chi connectivity index (χ0) is 14.3. The van der Waals surface area contributed by atoms with Gasteiger partial charge in [0, 0.05) is 18.4 Å². The third kappa shape index (κ3) is 5.94. The molecule has 0 saturated carbocycles. The summed E-state index contributed by atoms with van der Waals surface area (Å²) in [5, 5.41) is 3.20. The highest BCUT2D eigenvalue weighted by Gasteiger charge is 2.05. The maximum atomic E-state index is 11.0. The number of methoxy groups -OCH3 is 2. The summed E-state index contributed by atoms with van der Waals surface area (Å²) >= 11 is 0. The van der Waals surface area contributed by atoms with Crippen molar-refractivity contribution >= 4 is 9.84 Å². The van der Waals surface area contributed by atoms with Crippen LogP contribution in [0.1, 0.15) is 12.0 Å². The number of benzene rings is 1. The lowest BCUT2D eigenvalue weighted by Crippen LogP contribution is -2.18. The number of nitrogens with one attached hydrogen (secondary N) is 1. The predicted molar refractivity (Wildman–Crippen MR) is 75.6 cm³/mol. The average Bonchev–Trinajstić information content (AvgIpc) is 2.36. The minimum absolute atomic E-state index is 0.204. The largest absolute Gasteiger partial charge is 0.497 e. The highest BCUT2D eigenvalue weighted by atomic mass is 32.2. The third-order valence-electron chi connectivity index (χ3n) is 2.67. The van der Waals surface area contributed by atoms with Crippen molar-refractivity contribution in [3.05, 3.63) is 23.8 Å². The molecule has 0 spiro atoms. The SMILES string of the molecule is COc1ccc(OC)c(CNCCCS(C)(=O)=O)c1. The molecule has 0 atom stereocenters. The van der Waals surface area contributed by atoms with E-state index < -0.39 is 9.84 Å². The van der Waals surface area contributed by atoms with Gasteiger partial charge in [0.15, 0.2) is 0 Å². The molecule has 1 aromatic carbocycles. The quantitative estimate of drug-likeness (QED) is 0.729. The van der Waals surface area contributed by atoms with Gasteiger partial charge in [-0.2, -0.15) is 0 Å². The number of sulfone groups is 1. The van der Waals surface area contributed by atoms with E-state index in [2.05, 4.69) is 5.32 Å². The zero-order valence-corrected chi connectivity index (χ0v) is 12.4. The number of rotatable bonds is 8. The van der Waals surface area contributed by atoms with Gasteiger partial charge in [-0.1, -0.05) is 0 Å². The van der Waals surface area contributed by atoms with Crippen LogP contribution in [0.4, 0.5) is 0 Å². The van der Waals surface area contributed by atoms with Crippen LogP contribution in [0.15, 0.2) is 18.2 Å². The van der Waals surface area contributed by atoms with Crippen molar-refractivity contribution in [2.75, 3.05) is 32.8 Å². The maximum absolute atomic E-state index is 11.0. The lowest BCUT2D eigenvalue weighted by atomic mass is 10.2. The van der Waals surface area contributed by atoms with Gasteiger partial charge >= 0.3 is 0 Å². The molecule has 1 rings (SSSR count). The smallest absolute Gasteiger partial charge is 0.147 e. The van der Waals surface area contributed by atoms with Crippen LogP contribution in [0, 0.1) is 0 Å². The molecule has 0 heterocycles. The van der Waals surface area contributed by atoms with Crippen molar-refractivity contribution in [1.82, 2.24) is 5.32 Å². The summed E-state index contributed by atoms with van der Waals surface area (Å²) < 4.78 is 32.4. The van der Waals surface area contributed by atoms with Crippen LogP contribution in [0.3, 0.4) is 0 Å². The first-order chi connectivity index (χ1) is 8.96. The summed E-state index contributed by atoms with van der Waals surface area (Å²) in [6.07, 6.45) is 1.85. The standard InChI is InChI=1S/C13H21NO4S/c1-17-12-5-6-13(18-2)11(9-12)10-14-7-4-8-19(3,15)16/h5-6,9,14H,4,7-8,10H2,1-3H3. The normalized spacial score (nSPS) is 11.3. The van der Waals surface area contributed by atoms with Crippen LogP contribution in [0.25, 0.3) is 0 Å². The lowest BCUT2D eigenvalue weighted by Gasteiger charge is -2.11. The summed E-state index contributed by atoms with van der Waals surface area (Å²) in [5.41, 5.74) is 0.987. The minimum atomic E-state index is -2.88. The van der Waals surface area contributed by atoms with Gasteiger partial charge in [-0.3, -0.25) is 0 Å². The van der Waals surface area contributed by atoms with Gasteiger partial charge in [-0.15, -0.1) is 0 Å². The molecule has 19 heavy (non-hydrogen) atoms. The van der Waals surface area contributed by atoms with Crippen molar-refractivity contribution in [3.8, 4) is 11.5 Å². The second kappa shape index (κ2) is 7.35. The Hall–Kier alpha value is -1.27. The maximum Gasteiger partial charge on any atom is 0.147 e. The first-order valence-electron chi connectivity index (χ1n) is 6.05. The van der Waals surface area contributed by atoms with Crippen molar-refractivity contribution in [3.63, 3.8) is 0 Å². The molecule has 0 aliphatic heterocycles. The molecule has 5 nitrogen and oxygen atoms in total. The van der Waals surface area contributed by atoms with E-state index in [0.29, 0.717) is 19.5 Å². The summed E-state index contributed by atoms with van der Waals surface area (Å²) in [5.74, 6) is 1.76. The Morgan fingerprint density at radius 2 is 1.95 bits per heavy atom. The number of hydrogen-bond donors (Lipinski definition) is 1. The lowest BCUT2D eigenvalue weighted by molar-refractivity contribution is 0.397. The van der Waals surface area contributed by atoms with E-state index in [4.69, 9.17) is 9.47 Å². The molecule has 0 radical (unpaired) electrons. The van der Waals surface area contributed by atoms with E-state index in [1.165, 1.54) is 6.26 Å². The van der Waals surface area contributed by atoms with E-state index >= 15 is 0 Å². The van der Waals surface area contributed by atoms with Crippen LogP contribution in [0.2, 0.25) is 0 Å². The van der Waals surface area contributed by atoms with Gasteiger partial charge in [0.05, 0.1) is 20.0 Å². The molecule has 0 aromatic heterocycles. The molecule has 0 saturated heterocycles. The van der Waals surface area contributed by atoms with Gasteiger partial charge in [0.25, 0.3) is 0 Å². The average molecular weight is 287 g/mol. The fourth-order valence-electron chi connectivity index (χ4n) is 1.70. The van der Waals surface area contributed by atoms with Crippen LogP contribution in [-0.4, -0.2) is 41.2 Å². The molecule has 1 aromatic rings. The zero-order valence-electron chi connectivity index (χ0n) is 11.6. The van der Waals surface area contributed by atoms with Gasteiger partial charge in [0.2, 0.25) is 0 Å². The minimum Gasteiger partial charge on any atom is -0.497 e. The van der Waals surface area contributed by atoms with Crippen molar-refractivity contribution in [1.29, 1.82) is 0 Å². The van der Waals surface area contributed by atoms with Crippen LogP contribution < -0.4 is 14.8 Å². The Balaban J connectivity index is 2.48. The topological polar surface area (TPSA) is 64.6 Å². The molecule has 0 aliphatic carbocycles. The Bertz CT molecular complexity index is 499. The molecule has 0 aliphatic rings. The van der Waals surface area contributed by atoms with Crippen LogP contribution in [-0.2, 0) is 16.4 Å². The third-order valence-corrected chi connectivity index (χ3v) is 3.70. The Morgan fingerprint density at radius 3 is 2.53 bits per heavy atom. The van der Waals surface area contributed by atoms with Gasteiger partial charge in [0.1, 0.15) is 21.3 Å². The van der Waals surface area contributed by atoms with E-state index in [1.807, 2.05) is 18.2 Å². The highest BCUT2D eigenvalue weighted by molar-refractivity contribution is 7.90. The first-order valence-corrected chi connectivity index (χ1v) is 8.11. The first kappa shape index (κ1) is 15.8. The molecule has 108 valence electrons. The van der Waals surface area contributed by atoms with E-state index in [1.54, 1.807) is 14.2 Å². The second-order valence-corrected chi connectivity index (χ2v) is 6.60. The fraction of sp³-hybridized carbons (Fsp3) is 0.538. The van der Waals surface area contributed by atoms with Crippen molar-refractivity contribution in [2.24, 2.45) is 0 Å². The van der Waals surface area contributed by atoms with Gasteiger partial charge in [-0.05, 0) is 31.2 Å². The number of ether oxygens (including phenoxy) is 2. The van der Waals surface area contributed by atoms with Gasteiger partial charge < -0.3 is 14.8 Å². The van der Waals surface area contributed by atoms with Crippen LogP contribution >= 0.6 is 0 Å². The monoisotopic (exact) mass is 287 g/mol. The molecule has 0 amide bonds. The summed E-state index contributed by atoms with van der Waals surface area (Å²) in [6, 6.07) is 5.60. The Kier molecular flexibility index (Phi) is 6.11. The molecular weight excluding hydrogens is 266 g/mol. The predicted octanol–water partition coefficient (Wildman–Crippen LogP) is 1.23. The van der Waals surface area contributed by atoms with E-state index in [0.717, 1.165) is 17.1 Å². The molecular formula is C13H21NO4S. The van der Waals surface area contributed by atoms with Gasteiger partial charge in [-0.25, -0.2) is 8.42 Å². The fourth-order valence-corrected chi connectivity index (χ4v) is 2.37. The molecule has 6 heteroatoms. The Morgan fingerprint density at radius 1 is 1.21 bits per heavy atom. The Labute approximate surface area is 114 Å².